The molecule has 3 fully saturated rings. The van der Waals surface area contributed by atoms with Crippen LogP contribution in [0.1, 0.15) is 244 Å². The van der Waals surface area contributed by atoms with E-state index in [2.05, 4.69) is 81.4 Å². The molecule has 11 rings (SSSR count). The van der Waals surface area contributed by atoms with Crippen LogP contribution in [0.2, 0.25) is 0 Å². The average Bonchev–Trinajstić information content (AvgIpc) is 0.789. The second-order valence-corrected chi connectivity index (χ2v) is 27.9. The maximum absolute atomic E-state index is 13.5. The first kappa shape index (κ1) is 82.8. The van der Waals surface area contributed by atoms with Gasteiger partial charge in [-0.15, -0.1) is 0 Å². The Hall–Kier alpha value is -6.83. The molecule has 0 saturated heterocycles. The van der Waals surface area contributed by atoms with Crippen molar-refractivity contribution >= 4 is 0 Å². The van der Waals surface area contributed by atoms with Gasteiger partial charge in [0.05, 0.1) is 18.3 Å². The van der Waals surface area contributed by atoms with Gasteiger partial charge in [-0.1, -0.05) is 324 Å². The zero-order chi connectivity index (χ0) is 72.4. The molecule has 0 amide bonds. The highest BCUT2D eigenvalue weighted by Gasteiger charge is 2.54. The Morgan fingerprint density at radius 1 is 0.424 bits per heavy atom. The molecule has 0 bridgehead atoms. The average molecular weight is 1360 g/mol. The van der Waals surface area contributed by atoms with Crippen molar-refractivity contribution in [3.8, 4) is 0 Å². The van der Waals surface area contributed by atoms with Crippen molar-refractivity contribution < 1.29 is 52.6 Å². The Morgan fingerprint density at radius 2 is 0.818 bits per heavy atom. The molecule has 0 spiro atoms. The maximum atomic E-state index is 13.5. The number of alkyl halides is 5. The molecule has 0 radical (unpaired) electrons. The molecule has 538 valence electrons. The lowest BCUT2D eigenvalue weighted by molar-refractivity contribution is -0.269. The molecular weight excluding hydrogens is 1250 g/mol. The molecule has 6 N–H and O–H groups in total. The summed E-state index contributed by atoms with van der Waals surface area (Å²) in [5.74, 6) is -1.58. The Labute approximate surface area is 590 Å². The van der Waals surface area contributed by atoms with E-state index in [-0.39, 0.29) is 36.7 Å². The van der Waals surface area contributed by atoms with E-state index in [9.17, 15) is 47.5 Å². The van der Waals surface area contributed by atoms with Crippen molar-refractivity contribution in [2.45, 2.75) is 245 Å². The molecule has 0 aromatic heterocycles. The number of aliphatic hydroxyl groups is 6. The first-order chi connectivity index (χ1) is 47.2. The summed E-state index contributed by atoms with van der Waals surface area (Å²) in [4.78, 5) is 0. The topological polar surface area (TPSA) is 121 Å². The predicted octanol–water partition coefficient (Wildman–Crippen LogP) is 22.8. The molecule has 3 aliphatic rings. The van der Waals surface area contributed by atoms with Crippen molar-refractivity contribution in [2.75, 3.05) is 0 Å². The highest BCUT2D eigenvalue weighted by Crippen LogP contribution is 2.44. The number of halogens is 5. The molecular formula is C88H115F5O6. The van der Waals surface area contributed by atoms with Crippen LogP contribution in [0.4, 0.5) is 22.0 Å². The second-order valence-electron chi connectivity index (χ2n) is 27.9. The van der Waals surface area contributed by atoms with E-state index in [0.717, 1.165) is 70.5 Å². The van der Waals surface area contributed by atoms with Gasteiger partial charge >= 0.3 is 6.18 Å². The maximum Gasteiger partial charge on any atom is 0.421 e. The third kappa shape index (κ3) is 28.6. The van der Waals surface area contributed by atoms with Gasteiger partial charge in [0.1, 0.15) is 12.2 Å². The van der Waals surface area contributed by atoms with Crippen molar-refractivity contribution in [2.24, 2.45) is 11.8 Å². The van der Waals surface area contributed by atoms with E-state index in [1.165, 1.54) is 116 Å². The first-order valence-corrected chi connectivity index (χ1v) is 36.2. The van der Waals surface area contributed by atoms with Crippen LogP contribution in [-0.2, 0) is 24.2 Å². The minimum absolute atomic E-state index is 0.0725. The van der Waals surface area contributed by atoms with Crippen molar-refractivity contribution in [1.82, 2.24) is 0 Å². The minimum Gasteiger partial charge on any atom is -0.392 e. The third-order valence-electron chi connectivity index (χ3n) is 19.3. The number of unbranched alkanes of at least 4 members (excludes halogenated alkanes) is 3. The van der Waals surface area contributed by atoms with E-state index in [1.54, 1.807) is 43.3 Å². The van der Waals surface area contributed by atoms with Crippen LogP contribution < -0.4 is 0 Å². The van der Waals surface area contributed by atoms with E-state index in [4.69, 9.17) is 5.11 Å². The lowest BCUT2D eigenvalue weighted by Crippen LogP contribution is -2.42. The molecule has 11 heteroatoms. The summed E-state index contributed by atoms with van der Waals surface area (Å²) in [5.41, 5.74) is 11.7. The zero-order valence-corrected chi connectivity index (χ0v) is 60.6. The molecule has 4 unspecified atom stereocenters. The van der Waals surface area contributed by atoms with E-state index >= 15 is 0 Å². The standard InChI is InChI=1S/C14H19F3O.C14H20O.C14H14O.C14H20.C13H18F2O.C11H14O.C8H10O/c1-3-4-5-10-13(18,14(15,16)17)12-8-6-11(2)7-9-12;2*1-11-7-9-13(10-8-11)14(15)12-5-3-2-4-6-12;1-12-7-9-14(10-8-12)11-13-5-3-2-4-6-13;1-3-4-9-13(14,15)12(16)11-7-5-10(2)6-8-11;1-9-3-5-10(6-4-9)11(12)7-2-8-11;1-7-2-4-8(6-9)5-3-7/h6-9,18H,3-5,10H2,1-2H3;7-10,12,14-15H,2-6H2,1H3;2-10,14-15H,1H3;7-10,13H,2-6,11H2,1H3;5-8,12,16H,3-4,9H2,1-2H3;3-6,12H,2,7-8H2,1H3;2-5,9H,6H2,1H3. The fourth-order valence-corrected chi connectivity index (χ4v) is 12.3. The van der Waals surface area contributed by atoms with Gasteiger partial charge in [0, 0.05) is 6.42 Å². The molecule has 0 aliphatic heterocycles. The van der Waals surface area contributed by atoms with Crippen LogP contribution >= 0.6 is 0 Å². The highest BCUT2D eigenvalue weighted by atomic mass is 19.4. The van der Waals surface area contributed by atoms with Crippen molar-refractivity contribution in [1.29, 1.82) is 0 Å². The Bertz CT molecular complexity index is 3410. The van der Waals surface area contributed by atoms with Crippen molar-refractivity contribution in [3.63, 3.8) is 0 Å². The van der Waals surface area contributed by atoms with Crippen molar-refractivity contribution in [3.05, 3.63) is 284 Å². The van der Waals surface area contributed by atoms with Crippen LogP contribution in [0.15, 0.2) is 200 Å². The molecule has 3 aliphatic carbocycles. The summed E-state index contributed by atoms with van der Waals surface area (Å²) >= 11 is 0. The molecule has 6 nitrogen and oxygen atoms in total. The van der Waals surface area contributed by atoms with Crippen LogP contribution in [-0.4, -0.2) is 42.7 Å². The minimum atomic E-state index is -4.64. The normalized spacial score (nSPS) is 15.9. The largest absolute Gasteiger partial charge is 0.421 e. The molecule has 99 heavy (non-hydrogen) atoms. The summed E-state index contributed by atoms with van der Waals surface area (Å²) in [6, 6.07) is 63.5. The third-order valence-corrected chi connectivity index (χ3v) is 19.3. The van der Waals surface area contributed by atoms with Gasteiger partial charge in [-0.25, -0.2) is 8.78 Å². The quantitative estimate of drug-likeness (QED) is 0.0376. The van der Waals surface area contributed by atoms with E-state index in [1.807, 2.05) is 126 Å². The number of aryl methyl sites for hydroxylation is 7. The van der Waals surface area contributed by atoms with Gasteiger partial charge in [-0.3, -0.25) is 0 Å². The summed E-state index contributed by atoms with van der Waals surface area (Å²) in [7, 11) is 0. The lowest BCUT2D eigenvalue weighted by Gasteiger charge is -2.37. The summed E-state index contributed by atoms with van der Waals surface area (Å²) < 4.78 is 66.3. The summed E-state index contributed by atoms with van der Waals surface area (Å²) in [5, 5.41) is 58.5. The molecule has 3 saturated carbocycles. The number of hydrogen-bond donors (Lipinski definition) is 6. The monoisotopic (exact) mass is 1360 g/mol. The Kier molecular flexibility index (Phi) is 35.5. The van der Waals surface area contributed by atoms with Gasteiger partial charge < -0.3 is 30.6 Å². The van der Waals surface area contributed by atoms with Crippen LogP contribution in [0.3, 0.4) is 0 Å². The van der Waals surface area contributed by atoms with Crippen LogP contribution in [0.5, 0.6) is 0 Å². The van der Waals surface area contributed by atoms with E-state index < -0.39 is 35.5 Å². The van der Waals surface area contributed by atoms with Gasteiger partial charge in [-0.05, 0) is 163 Å². The van der Waals surface area contributed by atoms with Gasteiger partial charge in [0.2, 0.25) is 0 Å². The fourth-order valence-electron chi connectivity index (χ4n) is 12.3. The zero-order valence-electron chi connectivity index (χ0n) is 60.6. The predicted molar refractivity (Wildman–Crippen MR) is 398 cm³/mol. The SMILES string of the molecule is CCCCC(F)(F)C(O)c1ccc(C)cc1.CCCCCC(O)(c1ccc(C)cc1)C(F)(F)F.Cc1ccc(C(O)C2CCCCC2)cc1.Cc1ccc(C(O)c2ccccc2)cc1.Cc1ccc(C2(O)CCC2)cc1.Cc1ccc(CC2CCCCC2)cc1.Cc1ccc(CO)cc1. The van der Waals surface area contributed by atoms with E-state index in [0.29, 0.717) is 31.6 Å². The van der Waals surface area contributed by atoms with Crippen LogP contribution in [0.25, 0.3) is 0 Å². The summed E-state index contributed by atoms with van der Waals surface area (Å²) in [6.07, 6.45) is 13.2. The Morgan fingerprint density at radius 3 is 1.24 bits per heavy atom. The molecule has 8 aromatic rings. The number of aliphatic hydroxyl groups excluding tert-OH is 4. The van der Waals surface area contributed by atoms with Crippen LogP contribution in [0, 0.1) is 60.3 Å². The number of hydrogen-bond acceptors (Lipinski definition) is 6. The first-order valence-electron chi connectivity index (χ1n) is 36.2. The highest BCUT2D eigenvalue weighted by molar-refractivity contribution is 5.33. The smallest absolute Gasteiger partial charge is 0.392 e. The van der Waals surface area contributed by atoms with Gasteiger partial charge in [0.25, 0.3) is 5.92 Å². The number of rotatable bonds is 18. The second kappa shape index (κ2) is 42.4. The van der Waals surface area contributed by atoms with Gasteiger partial charge in [-0.2, -0.15) is 13.2 Å². The molecule has 4 atom stereocenters. The summed E-state index contributed by atoms with van der Waals surface area (Å²) in [6.45, 7) is 18.0. The lowest BCUT2D eigenvalue weighted by atomic mass is 9.75. The van der Waals surface area contributed by atoms with Gasteiger partial charge in [0.15, 0.2) is 5.60 Å². The number of benzene rings is 8. The molecule has 8 aromatic carbocycles. The molecule has 0 heterocycles. The fraction of sp³-hybridized carbons (Fsp3) is 0.455. The Balaban J connectivity index is 0.000000210.